The van der Waals surface area contributed by atoms with Crippen molar-refractivity contribution in [1.29, 1.82) is 0 Å². The smallest absolute Gasteiger partial charge is 0.290 e. The normalized spacial score (nSPS) is 10.1. The Hall–Kier alpha value is -2.44. The fourth-order valence-electron chi connectivity index (χ4n) is 1.29. The van der Waals surface area contributed by atoms with Crippen molar-refractivity contribution in [1.82, 2.24) is 20.4 Å². The van der Waals surface area contributed by atoms with Crippen LogP contribution < -0.4 is 10.2 Å². The molecule has 0 fully saturated rings. The Kier molecular flexibility index (Phi) is 3.52. The molecule has 0 atom stereocenters. The van der Waals surface area contributed by atoms with Gasteiger partial charge in [-0.3, -0.25) is 4.79 Å². The number of nitrogens with one attached hydrogen (secondary N) is 1. The van der Waals surface area contributed by atoms with Crippen molar-refractivity contribution in [2.75, 3.05) is 19.0 Å². The van der Waals surface area contributed by atoms with E-state index in [2.05, 4.69) is 20.4 Å². The maximum atomic E-state index is 11.6. The predicted molar refractivity (Wildman–Crippen MR) is 64.0 cm³/mol. The largest absolute Gasteiger partial charge is 0.351 e. The number of carbonyl (C=O) groups excluding carboxylic acids is 1. The molecule has 0 saturated carbocycles. The van der Waals surface area contributed by atoms with Crippen LogP contribution >= 0.6 is 0 Å². The van der Waals surface area contributed by atoms with Crippen molar-refractivity contribution in [3.8, 4) is 0 Å². The molecule has 94 valence electrons. The molecule has 2 aromatic heterocycles. The van der Waals surface area contributed by atoms with Gasteiger partial charge in [0.25, 0.3) is 5.91 Å². The minimum absolute atomic E-state index is 0.178. The number of rotatable bonds is 4. The van der Waals surface area contributed by atoms with Gasteiger partial charge in [0.15, 0.2) is 0 Å². The summed E-state index contributed by atoms with van der Waals surface area (Å²) in [7, 11) is 3.71. The van der Waals surface area contributed by atoms with Crippen molar-refractivity contribution in [3.05, 3.63) is 36.0 Å². The van der Waals surface area contributed by atoms with Crippen LogP contribution in [0.1, 0.15) is 16.2 Å². The van der Waals surface area contributed by atoms with Gasteiger partial charge in [0.1, 0.15) is 0 Å². The van der Waals surface area contributed by atoms with Crippen LogP contribution in [0.3, 0.4) is 0 Å². The molecular formula is C11H13N5O2. The lowest BCUT2D eigenvalue weighted by Crippen LogP contribution is -2.23. The van der Waals surface area contributed by atoms with Crippen LogP contribution in [0.4, 0.5) is 5.95 Å². The Morgan fingerprint density at radius 2 is 2.22 bits per heavy atom. The Morgan fingerprint density at radius 3 is 2.89 bits per heavy atom. The van der Waals surface area contributed by atoms with Gasteiger partial charge in [0.2, 0.25) is 11.7 Å². The molecule has 2 aromatic rings. The summed E-state index contributed by atoms with van der Waals surface area (Å²) in [6.45, 7) is 0.308. The summed E-state index contributed by atoms with van der Waals surface area (Å²) in [4.78, 5) is 21.8. The van der Waals surface area contributed by atoms with Crippen molar-refractivity contribution in [2.45, 2.75) is 6.54 Å². The molecule has 1 N–H and O–H groups in total. The first-order chi connectivity index (χ1) is 8.66. The van der Waals surface area contributed by atoms with Gasteiger partial charge in [0, 0.05) is 26.4 Å². The number of hydrogen-bond acceptors (Lipinski definition) is 6. The fourth-order valence-corrected chi connectivity index (χ4v) is 1.29. The van der Waals surface area contributed by atoms with E-state index in [1.807, 2.05) is 14.1 Å². The zero-order valence-corrected chi connectivity index (χ0v) is 10.1. The van der Waals surface area contributed by atoms with Crippen molar-refractivity contribution in [2.24, 2.45) is 0 Å². The van der Waals surface area contributed by atoms with Gasteiger partial charge < -0.3 is 14.7 Å². The molecule has 0 saturated heterocycles. The molecule has 7 nitrogen and oxygen atoms in total. The third-order valence-electron chi connectivity index (χ3n) is 2.19. The highest BCUT2D eigenvalue weighted by molar-refractivity contribution is 5.91. The Balaban J connectivity index is 1.98. The summed E-state index contributed by atoms with van der Waals surface area (Å²) in [5, 5.41) is 6.15. The molecule has 1 amide bonds. The van der Waals surface area contributed by atoms with Crippen LogP contribution in [0.5, 0.6) is 0 Å². The monoisotopic (exact) mass is 247 g/mol. The molecule has 0 aliphatic carbocycles. The lowest BCUT2D eigenvalue weighted by atomic mass is 10.3. The number of anilines is 1. The first kappa shape index (κ1) is 12.0. The second-order valence-electron chi connectivity index (χ2n) is 3.80. The van der Waals surface area contributed by atoms with Crippen LogP contribution in [-0.2, 0) is 6.54 Å². The molecule has 0 bridgehead atoms. The maximum absolute atomic E-state index is 11.6. The Morgan fingerprint density at radius 1 is 1.39 bits per heavy atom. The van der Waals surface area contributed by atoms with Crippen molar-refractivity contribution < 1.29 is 9.32 Å². The second-order valence-corrected chi connectivity index (χ2v) is 3.80. The number of aromatic nitrogens is 3. The molecule has 0 aliphatic rings. The molecule has 0 radical (unpaired) electrons. The van der Waals surface area contributed by atoms with E-state index < -0.39 is 0 Å². The Labute approximate surface area is 104 Å². The number of nitrogens with zero attached hydrogens (tertiary/aromatic N) is 4. The average molecular weight is 247 g/mol. The molecule has 0 spiro atoms. The van der Waals surface area contributed by atoms with Crippen molar-refractivity contribution >= 4 is 11.9 Å². The lowest BCUT2D eigenvalue weighted by molar-refractivity contribution is 0.0913. The van der Waals surface area contributed by atoms with E-state index in [-0.39, 0.29) is 11.7 Å². The standard InChI is InChI=1S/C11H13N5O2/c1-16(2)11-12-5-3-8(15-11)7-13-10(17)9-4-6-14-18-9/h3-6H,7H2,1-2H3,(H,13,17). The van der Waals surface area contributed by atoms with E-state index in [0.29, 0.717) is 12.5 Å². The van der Waals surface area contributed by atoms with Crippen LogP contribution in [0.2, 0.25) is 0 Å². The summed E-state index contributed by atoms with van der Waals surface area (Å²) in [5.41, 5.74) is 0.724. The van der Waals surface area contributed by atoms with E-state index in [1.165, 1.54) is 12.3 Å². The minimum atomic E-state index is -0.322. The van der Waals surface area contributed by atoms with Crippen LogP contribution in [-0.4, -0.2) is 35.1 Å². The van der Waals surface area contributed by atoms with E-state index in [9.17, 15) is 4.79 Å². The van der Waals surface area contributed by atoms with E-state index in [0.717, 1.165) is 5.69 Å². The van der Waals surface area contributed by atoms with E-state index in [4.69, 9.17) is 4.52 Å². The number of carbonyl (C=O) groups is 1. The zero-order valence-electron chi connectivity index (χ0n) is 10.1. The van der Waals surface area contributed by atoms with Gasteiger partial charge in [-0.1, -0.05) is 5.16 Å². The third-order valence-corrected chi connectivity index (χ3v) is 2.19. The average Bonchev–Trinajstić information content (AvgIpc) is 2.90. The molecule has 7 heteroatoms. The summed E-state index contributed by atoms with van der Waals surface area (Å²) in [5.74, 6) is 0.454. The highest BCUT2D eigenvalue weighted by Gasteiger charge is 2.09. The minimum Gasteiger partial charge on any atom is -0.351 e. The SMILES string of the molecule is CN(C)c1nccc(CNC(=O)c2ccno2)n1. The molecule has 0 unspecified atom stereocenters. The summed E-state index contributed by atoms with van der Waals surface area (Å²) < 4.78 is 4.74. The molecule has 0 aromatic carbocycles. The van der Waals surface area contributed by atoms with Gasteiger partial charge in [-0.15, -0.1) is 0 Å². The molecule has 18 heavy (non-hydrogen) atoms. The number of hydrogen-bond donors (Lipinski definition) is 1. The third kappa shape index (κ3) is 2.82. The van der Waals surface area contributed by atoms with Gasteiger partial charge in [0.05, 0.1) is 18.4 Å². The maximum Gasteiger partial charge on any atom is 0.290 e. The molecule has 2 heterocycles. The van der Waals surface area contributed by atoms with E-state index >= 15 is 0 Å². The highest BCUT2D eigenvalue weighted by Crippen LogP contribution is 2.03. The summed E-state index contributed by atoms with van der Waals surface area (Å²) >= 11 is 0. The molecule has 0 aliphatic heterocycles. The van der Waals surface area contributed by atoms with Crippen LogP contribution in [0.25, 0.3) is 0 Å². The topological polar surface area (TPSA) is 84.2 Å². The van der Waals surface area contributed by atoms with Gasteiger partial charge in [-0.25, -0.2) is 9.97 Å². The van der Waals surface area contributed by atoms with Gasteiger partial charge in [-0.05, 0) is 6.07 Å². The van der Waals surface area contributed by atoms with Crippen LogP contribution in [0.15, 0.2) is 29.0 Å². The predicted octanol–water partition coefficient (Wildman–Crippen LogP) is 0.461. The molecular weight excluding hydrogens is 234 g/mol. The zero-order chi connectivity index (χ0) is 13.0. The summed E-state index contributed by atoms with van der Waals surface area (Å²) in [6.07, 6.45) is 3.07. The first-order valence-electron chi connectivity index (χ1n) is 5.35. The highest BCUT2D eigenvalue weighted by atomic mass is 16.5. The van der Waals surface area contributed by atoms with Crippen molar-refractivity contribution in [3.63, 3.8) is 0 Å². The van der Waals surface area contributed by atoms with Crippen LogP contribution in [0, 0.1) is 0 Å². The summed E-state index contributed by atoms with van der Waals surface area (Å²) in [6, 6.07) is 3.24. The fraction of sp³-hybridized carbons (Fsp3) is 0.273. The van der Waals surface area contributed by atoms with E-state index in [1.54, 1.807) is 17.2 Å². The second kappa shape index (κ2) is 5.26. The van der Waals surface area contributed by atoms with Gasteiger partial charge >= 0.3 is 0 Å². The quantitative estimate of drug-likeness (QED) is 0.845. The molecule has 2 rings (SSSR count). The van der Waals surface area contributed by atoms with Gasteiger partial charge in [-0.2, -0.15) is 0 Å². The number of amides is 1. The first-order valence-corrected chi connectivity index (χ1v) is 5.35. The lowest BCUT2D eigenvalue weighted by Gasteiger charge is -2.10. The Bertz CT molecular complexity index is 524.